The zero-order chi connectivity index (χ0) is 7.78. The maximum atomic E-state index is 10.6. The van der Waals surface area contributed by atoms with E-state index in [1.54, 1.807) is 0 Å². The van der Waals surface area contributed by atoms with Crippen LogP contribution in [0.15, 0.2) is 24.0 Å². The predicted molar refractivity (Wildman–Crippen MR) is 35.5 cm³/mol. The molecular weight excluding hydrogens is 132 g/mol. The van der Waals surface area contributed by atoms with Gasteiger partial charge in [0.05, 0.1) is 0 Å². The second-order valence-corrected chi connectivity index (χ2v) is 2.45. The van der Waals surface area contributed by atoms with Crippen molar-refractivity contribution >= 4 is 5.78 Å². The smallest absolute Gasteiger partial charge is 0.219 e. The first kappa shape index (κ1) is 7.02. The predicted octanol–water partition coefficient (Wildman–Crippen LogP) is 0.318. The molecule has 1 aliphatic carbocycles. The topological polar surface area (TPSA) is 57.5 Å². The van der Waals surface area contributed by atoms with Crippen molar-refractivity contribution in [3.05, 3.63) is 24.0 Å². The Morgan fingerprint density at radius 3 is 2.60 bits per heavy atom. The highest BCUT2D eigenvalue weighted by molar-refractivity contribution is 6.03. The monoisotopic (exact) mass is 140 g/mol. The maximum absolute atomic E-state index is 10.6. The van der Waals surface area contributed by atoms with Crippen LogP contribution in [0.3, 0.4) is 0 Å². The molecule has 3 heteroatoms. The van der Waals surface area contributed by atoms with Gasteiger partial charge in [0.15, 0.2) is 5.76 Å². The van der Waals surface area contributed by atoms with E-state index in [0.717, 1.165) is 12.2 Å². The standard InChI is InChI=1S/C7H8O3/c1-7(10)3-2-5(8)6(9)4-7/h2-4,9-10H,1H3. The molecule has 54 valence electrons. The molecule has 1 aliphatic rings. The molecule has 0 spiro atoms. The van der Waals surface area contributed by atoms with Gasteiger partial charge in [-0.15, -0.1) is 0 Å². The van der Waals surface area contributed by atoms with E-state index in [9.17, 15) is 9.90 Å². The molecule has 0 aromatic heterocycles. The molecule has 0 fully saturated rings. The molecule has 0 aromatic carbocycles. The Morgan fingerprint density at radius 2 is 2.20 bits per heavy atom. The van der Waals surface area contributed by atoms with Crippen LogP contribution in [-0.2, 0) is 4.79 Å². The summed E-state index contributed by atoms with van der Waals surface area (Å²) < 4.78 is 0. The summed E-state index contributed by atoms with van der Waals surface area (Å²) in [5.41, 5.74) is -1.18. The van der Waals surface area contributed by atoms with E-state index in [1.807, 2.05) is 0 Å². The molecule has 1 rings (SSSR count). The molecule has 1 unspecified atom stereocenters. The molecule has 3 nitrogen and oxygen atoms in total. The van der Waals surface area contributed by atoms with Crippen LogP contribution in [0.5, 0.6) is 0 Å². The molecule has 0 aromatic rings. The van der Waals surface area contributed by atoms with Gasteiger partial charge >= 0.3 is 0 Å². The van der Waals surface area contributed by atoms with Gasteiger partial charge in [-0.05, 0) is 25.2 Å². The second-order valence-electron chi connectivity index (χ2n) is 2.45. The van der Waals surface area contributed by atoms with Gasteiger partial charge in [0.25, 0.3) is 0 Å². The SMILES string of the molecule is CC1(O)C=CC(=O)C(O)=C1. The van der Waals surface area contributed by atoms with Gasteiger partial charge in [0.2, 0.25) is 5.78 Å². The minimum absolute atomic E-state index is 0.396. The van der Waals surface area contributed by atoms with E-state index in [2.05, 4.69) is 0 Å². The van der Waals surface area contributed by atoms with Gasteiger partial charge in [-0.1, -0.05) is 0 Å². The quantitative estimate of drug-likeness (QED) is 0.509. The number of hydrogen-bond acceptors (Lipinski definition) is 3. The average molecular weight is 140 g/mol. The zero-order valence-corrected chi connectivity index (χ0v) is 5.53. The molecule has 0 heterocycles. The van der Waals surface area contributed by atoms with Crippen molar-refractivity contribution in [2.24, 2.45) is 0 Å². The average Bonchev–Trinajstić information content (AvgIpc) is 1.79. The lowest BCUT2D eigenvalue weighted by Gasteiger charge is -2.16. The Kier molecular flexibility index (Phi) is 1.37. The Hall–Kier alpha value is -1.09. The summed E-state index contributed by atoms with van der Waals surface area (Å²) in [5, 5.41) is 18.0. The summed E-state index contributed by atoms with van der Waals surface area (Å²) in [4.78, 5) is 10.6. The van der Waals surface area contributed by atoms with Crippen LogP contribution in [-0.4, -0.2) is 21.6 Å². The molecule has 0 bridgehead atoms. The fourth-order valence-corrected chi connectivity index (χ4v) is 0.726. The van der Waals surface area contributed by atoms with E-state index in [0.29, 0.717) is 0 Å². The van der Waals surface area contributed by atoms with Crippen LogP contribution < -0.4 is 0 Å². The number of carbonyl (C=O) groups excluding carboxylic acids is 1. The summed E-state index contributed by atoms with van der Waals surface area (Å²) in [6.45, 7) is 1.48. The van der Waals surface area contributed by atoms with Crippen LogP contribution in [0.2, 0.25) is 0 Å². The van der Waals surface area contributed by atoms with E-state index >= 15 is 0 Å². The van der Waals surface area contributed by atoms with Crippen LogP contribution >= 0.6 is 0 Å². The fourth-order valence-electron chi connectivity index (χ4n) is 0.726. The second kappa shape index (κ2) is 1.95. The zero-order valence-electron chi connectivity index (χ0n) is 5.53. The Morgan fingerprint density at radius 1 is 1.60 bits per heavy atom. The first-order valence-corrected chi connectivity index (χ1v) is 2.89. The third kappa shape index (κ3) is 1.25. The van der Waals surface area contributed by atoms with E-state index in [-0.39, 0.29) is 0 Å². The van der Waals surface area contributed by atoms with Crippen molar-refractivity contribution in [2.75, 3.05) is 0 Å². The number of rotatable bonds is 0. The maximum Gasteiger partial charge on any atom is 0.219 e. The molecule has 0 amide bonds. The normalized spacial score (nSPS) is 32.2. The number of aliphatic hydroxyl groups is 2. The molecule has 0 saturated carbocycles. The largest absolute Gasteiger partial charge is 0.504 e. The molecule has 2 N–H and O–H groups in total. The lowest BCUT2D eigenvalue weighted by Crippen LogP contribution is -2.23. The van der Waals surface area contributed by atoms with Crippen molar-refractivity contribution < 1.29 is 15.0 Å². The highest BCUT2D eigenvalue weighted by Crippen LogP contribution is 2.15. The van der Waals surface area contributed by atoms with Gasteiger partial charge in [0, 0.05) is 0 Å². The Balaban J connectivity index is 2.95. The Bertz CT molecular complexity index is 223. The minimum atomic E-state index is -1.18. The van der Waals surface area contributed by atoms with E-state index in [4.69, 9.17) is 5.11 Å². The summed E-state index contributed by atoms with van der Waals surface area (Å²) in [7, 11) is 0. The molecule has 10 heavy (non-hydrogen) atoms. The van der Waals surface area contributed by atoms with Crippen LogP contribution in [0.25, 0.3) is 0 Å². The molecule has 0 aliphatic heterocycles. The molecule has 0 radical (unpaired) electrons. The summed E-state index contributed by atoms with van der Waals surface area (Å²) >= 11 is 0. The number of carbonyl (C=O) groups is 1. The van der Waals surface area contributed by atoms with Gasteiger partial charge < -0.3 is 10.2 Å². The first-order valence-electron chi connectivity index (χ1n) is 2.89. The third-order valence-electron chi connectivity index (χ3n) is 1.25. The lowest BCUT2D eigenvalue weighted by atomic mass is 9.99. The van der Waals surface area contributed by atoms with Crippen molar-refractivity contribution in [1.82, 2.24) is 0 Å². The highest BCUT2D eigenvalue weighted by Gasteiger charge is 2.21. The molecule has 1 atom stereocenters. The molecule has 0 saturated heterocycles. The number of ketones is 1. The van der Waals surface area contributed by atoms with Gasteiger partial charge in [-0.2, -0.15) is 0 Å². The summed E-state index contributed by atoms with van der Waals surface area (Å²) in [5.74, 6) is -0.862. The number of aliphatic hydroxyl groups excluding tert-OH is 1. The van der Waals surface area contributed by atoms with Gasteiger partial charge in [-0.3, -0.25) is 4.79 Å². The first-order chi connectivity index (χ1) is 4.51. The summed E-state index contributed by atoms with van der Waals surface area (Å²) in [6, 6.07) is 0. The van der Waals surface area contributed by atoms with Crippen molar-refractivity contribution in [2.45, 2.75) is 12.5 Å². The number of allylic oxidation sites excluding steroid dienone is 1. The highest BCUT2D eigenvalue weighted by atomic mass is 16.3. The van der Waals surface area contributed by atoms with Crippen molar-refractivity contribution in [3.63, 3.8) is 0 Å². The van der Waals surface area contributed by atoms with Crippen LogP contribution in [0.1, 0.15) is 6.92 Å². The Labute approximate surface area is 58.3 Å². The summed E-state index contributed by atoms with van der Waals surface area (Å²) in [6.07, 6.45) is 3.58. The lowest BCUT2D eigenvalue weighted by molar-refractivity contribution is -0.114. The van der Waals surface area contributed by atoms with Crippen LogP contribution in [0, 0.1) is 0 Å². The van der Waals surface area contributed by atoms with Crippen LogP contribution in [0.4, 0.5) is 0 Å². The van der Waals surface area contributed by atoms with E-state index < -0.39 is 17.1 Å². The van der Waals surface area contributed by atoms with Gasteiger partial charge in [-0.25, -0.2) is 0 Å². The van der Waals surface area contributed by atoms with Crippen molar-refractivity contribution in [1.29, 1.82) is 0 Å². The van der Waals surface area contributed by atoms with Gasteiger partial charge in [0.1, 0.15) is 5.60 Å². The third-order valence-corrected chi connectivity index (χ3v) is 1.25. The molecular formula is C7H8O3. The van der Waals surface area contributed by atoms with Crippen molar-refractivity contribution in [3.8, 4) is 0 Å². The number of hydrogen-bond donors (Lipinski definition) is 2. The fraction of sp³-hybridized carbons (Fsp3) is 0.286. The minimum Gasteiger partial charge on any atom is -0.504 e. The van der Waals surface area contributed by atoms with E-state index in [1.165, 1.54) is 13.0 Å².